The van der Waals surface area contributed by atoms with Crippen LogP contribution in [0.1, 0.15) is 54.4 Å². The SMILES string of the molecule is Cc1ccc(-c2c(COc3ccc(CC(=O)O)cc3)c(C)nc(CC(C)(C)C)c2CN)cc1. The largest absolute Gasteiger partial charge is 0.489 e. The molecule has 0 saturated heterocycles. The maximum Gasteiger partial charge on any atom is 0.307 e. The lowest BCUT2D eigenvalue weighted by molar-refractivity contribution is -0.136. The molecule has 0 saturated carbocycles. The zero-order chi connectivity index (χ0) is 24.2. The standard InChI is InChI=1S/C28H34N2O3/c1-18-6-10-21(11-7-18)27-23(16-29)25(15-28(3,4)5)30-19(2)24(27)17-33-22-12-8-20(9-13-22)14-26(31)32/h6-13H,14-17,29H2,1-5H3,(H,31,32). The lowest BCUT2D eigenvalue weighted by atomic mass is 9.85. The summed E-state index contributed by atoms with van der Waals surface area (Å²) < 4.78 is 6.13. The highest BCUT2D eigenvalue weighted by Gasteiger charge is 2.22. The van der Waals surface area contributed by atoms with Gasteiger partial charge in [0.1, 0.15) is 12.4 Å². The summed E-state index contributed by atoms with van der Waals surface area (Å²) in [5.74, 6) is -0.163. The van der Waals surface area contributed by atoms with Crippen LogP contribution in [0.25, 0.3) is 11.1 Å². The number of hydrogen-bond donors (Lipinski definition) is 2. The minimum Gasteiger partial charge on any atom is -0.489 e. The summed E-state index contributed by atoms with van der Waals surface area (Å²) in [6.45, 7) is 11.5. The molecule has 174 valence electrons. The second-order valence-electron chi connectivity index (χ2n) is 9.79. The molecule has 0 atom stereocenters. The van der Waals surface area contributed by atoms with Crippen molar-refractivity contribution in [3.05, 3.63) is 82.2 Å². The van der Waals surface area contributed by atoms with Crippen LogP contribution in [0, 0.1) is 19.3 Å². The Morgan fingerprint density at radius 3 is 2.18 bits per heavy atom. The Kier molecular flexibility index (Phi) is 7.54. The molecule has 1 aromatic heterocycles. The molecule has 0 aliphatic rings. The van der Waals surface area contributed by atoms with Crippen LogP contribution in [0.2, 0.25) is 0 Å². The predicted molar refractivity (Wildman–Crippen MR) is 132 cm³/mol. The zero-order valence-corrected chi connectivity index (χ0v) is 20.2. The number of carbonyl (C=O) groups is 1. The average molecular weight is 447 g/mol. The molecule has 33 heavy (non-hydrogen) atoms. The van der Waals surface area contributed by atoms with Crippen LogP contribution in [0.5, 0.6) is 5.75 Å². The maximum atomic E-state index is 10.9. The molecule has 3 rings (SSSR count). The number of hydrogen-bond acceptors (Lipinski definition) is 4. The van der Waals surface area contributed by atoms with Crippen LogP contribution in [0.4, 0.5) is 0 Å². The van der Waals surface area contributed by atoms with Gasteiger partial charge in [-0.2, -0.15) is 0 Å². The van der Waals surface area contributed by atoms with Gasteiger partial charge in [0.2, 0.25) is 0 Å². The number of benzene rings is 2. The molecule has 0 spiro atoms. The zero-order valence-electron chi connectivity index (χ0n) is 20.2. The monoisotopic (exact) mass is 446 g/mol. The topological polar surface area (TPSA) is 85.4 Å². The molecule has 0 fully saturated rings. The summed E-state index contributed by atoms with van der Waals surface area (Å²) in [4.78, 5) is 15.9. The molecule has 3 N–H and O–H groups in total. The van der Waals surface area contributed by atoms with E-state index in [1.807, 2.05) is 19.1 Å². The predicted octanol–water partition coefficient (Wildman–Crippen LogP) is 5.62. The first-order valence-electron chi connectivity index (χ1n) is 11.3. The summed E-state index contributed by atoms with van der Waals surface area (Å²) in [5.41, 5.74) is 14.6. The lowest BCUT2D eigenvalue weighted by Crippen LogP contribution is -2.18. The van der Waals surface area contributed by atoms with Gasteiger partial charge < -0.3 is 15.6 Å². The minimum atomic E-state index is -0.849. The van der Waals surface area contributed by atoms with Gasteiger partial charge in [0, 0.05) is 23.5 Å². The number of carboxylic acids is 1. The van der Waals surface area contributed by atoms with E-state index >= 15 is 0 Å². The first-order chi connectivity index (χ1) is 15.6. The van der Waals surface area contributed by atoms with E-state index in [0.29, 0.717) is 18.9 Å². The normalized spacial score (nSPS) is 11.5. The third-order valence-electron chi connectivity index (χ3n) is 5.60. The van der Waals surface area contributed by atoms with Crippen LogP contribution >= 0.6 is 0 Å². The fraction of sp³-hybridized carbons (Fsp3) is 0.357. The van der Waals surface area contributed by atoms with Gasteiger partial charge in [0.25, 0.3) is 0 Å². The Labute approximate surface area is 196 Å². The van der Waals surface area contributed by atoms with E-state index < -0.39 is 5.97 Å². The van der Waals surface area contributed by atoms with Crippen molar-refractivity contribution in [3.63, 3.8) is 0 Å². The number of nitrogens with two attached hydrogens (primary N) is 1. The number of nitrogens with zero attached hydrogens (tertiary/aromatic N) is 1. The molecular formula is C28H34N2O3. The summed E-state index contributed by atoms with van der Waals surface area (Å²) in [6.07, 6.45) is 0.835. The van der Waals surface area contributed by atoms with E-state index in [0.717, 1.165) is 45.6 Å². The highest BCUT2D eigenvalue weighted by atomic mass is 16.5. The van der Waals surface area contributed by atoms with Gasteiger partial charge in [0.15, 0.2) is 0 Å². The molecule has 0 radical (unpaired) electrons. The van der Waals surface area contributed by atoms with E-state index in [-0.39, 0.29) is 11.8 Å². The molecule has 0 unspecified atom stereocenters. The first-order valence-corrected chi connectivity index (χ1v) is 11.3. The number of aryl methyl sites for hydroxylation is 2. The molecule has 0 aliphatic heterocycles. The number of rotatable bonds is 8. The van der Waals surface area contributed by atoms with E-state index in [4.69, 9.17) is 20.6 Å². The number of aliphatic carboxylic acids is 1. The Hall–Kier alpha value is -3.18. The number of carboxylic acid groups (broad SMARTS) is 1. The third-order valence-corrected chi connectivity index (χ3v) is 5.60. The van der Waals surface area contributed by atoms with Crippen molar-refractivity contribution >= 4 is 5.97 Å². The molecule has 5 heteroatoms. The molecule has 1 heterocycles. The third kappa shape index (κ3) is 6.42. The summed E-state index contributed by atoms with van der Waals surface area (Å²) >= 11 is 0. The molecule has 5 nitrogen and oxygen atoms in total. The van der Waals surface area contributed by atoms with Gasteiger partial charge in [0.05, 0.1) is 6.42 Å². The second kappa shape index (κ2) is 10.2. The van der Waals surface area contributed by atoms with Crippen molar-refractivity contribution < 1.29 is 14.6 Å². The second-order valence-corrected chi connectivity index (χ2v) is 9.79. The Bertz CT molecular complexity index is 1110. The van der Waals surface area contributed by atoms with Crippen molar-refractivity contribution in [2.75, 3.05) is 0 Å². The van der Waals surface area contributed by atoms with Gasteiger partial charge >= 0.3 is 5.97 Å². The number of aromatic nitrogens is 1. The first kappa shape index (κ1) is 24.5. The maximum absolute atomic E-state index is 10.9. The van der Waals surface area contributed by atoms with Gasteiger partial charge in [-0.15, -0.1) is 0 Å². The number of pyridine rings is 1. The molecule has 0 amide bonds. The average Bonchev–Trinajstić information content (AvgIpc) is 2.73. The minimum absolute atomic E-state index is 0.00399. The van der Waals surface area contributed by atoms with Crippen LogP contribution in [0.3, 0.4) is 0 Å². The van der Waals surface area contributed by atoms with Crippen molar-refractivity contribution in [1.82, 2.24) is 4.98 Å². The van der Waals surface area contributed by atoms with Crippen molar-refractivity contribution in [2.45, 2.75) is 60.6 Å². The van der Waals surface area contributed by atoms with E-state index in [1.165, 1.54) is 5.56 Å². The Morgan fingerprint density at radius 1 is 1.00 bits per heavy atom. The Morgan fingerprint density at radius 2 is 1.64 bits per heavy atom. The van der Waals surface area contributed by atoms with Crippen molar-refractivity contribution in [1.29, 1.82) is 0 Å². The highest BCUT2D eigenvalue weighted by Crippen LogP contribution is 2.34. The quantitative estimate of drug-likeness (QED) is 0.469. The smallest absolute Gasteiger partial charge is 0.307 e. The van der Waals surface area contributed by atoms with Gasteiger partial charge in [-0.1, -0.05) is 62.7 Å². The van der Waals surface area contributed by atoms with Gasteiger partial charge in [-0.25, -0.2) is 0 Å². The molecular weight excluding hydrogens is 412 g/mol. The fourth-order valence-corrected chi connectivity index (χ4v) is 3.99. The summed E-state index contributed by atoms with van der Waals surface area (Å²) in [6, 6.07) is 15.7. The van der Waals surface area contributed by atoms with Gasteiger partial charge in [-0.3, -0.25) is 9.78 Å². The molecule has 3 aromatic rings. The lowest BCUT2D eigenvalue weighted by Gasteiger charge is -2.24. The molecule has 2 aromatic carbocycles. The molecule has 0 aliphatic carbocycles. The summed E-state index contributed by atoms with van der Waals surface area (Å²) in [7, 11) is 0. The van der Waals surface area contributed by atoms with Crippen molar-refractivity contribution in [3.8, 4) is 16.9 Å². The van der Waals surface area contributed by atoms with Crippen LogP contribution in [-0.2, 0) is 30.8 Å². The van der Waals surface area contributed by atoms with Crippen LogP contribution < -0.4 is 10.5 Å². The number of ether oxygens (including phenoxy) is 1. The van der Waals surface area contributed by atoms with Crippen LogP contribution in [-0.4, -0.2) is 16.1 Å². The molecule has 0 bridgehead atoms. The van der Waals surface area contributed by atoms with Crippen molar-refractivity contribution in [2.24, 2.45) is 11.1 Å². The Balaban J connectivity index is 2.02. The fourth-order valence-electron chi connectivity index (χ4n) is 3.99. The van der Waals surface area contributed by atoms with Gasteiger partial charge in [-0.05, 0) is 60.1 Å². The van der Waals surface area contributed by atoms with Crippen LogP contribution in [0.15, 0.2) is 48.5 Å². The van der Waals surface area contributed by atoms with E-state index in [1.54, 1.807) is 12.1 Å². The highest BCUT2D eigenvalue weighted by molar-refractivity contribution is 5.73. The van der Waals surface area contributed by atoms with E-state index in [2.05, 4.69) is 52.0 Å². The van der Waals surface area contributed by atoms with E-state index in [9.17, 15) is 4.79 Å². The summed E-state index contributed by atoms with van der Waals surface area (Å²) in [5, 5.41) is 8.97.